The number of carbonyl (C=O) groups is 2. The Hall–Kier alpha value is -4.26. The van der Waals surface area contributed by atoms with Crippen LogP contribution in [0.15, 0.2) is 83.9 Å². The van der Waals surface area contributed by atoms with Crippen LogP contribution in [0.1, 0.15) is 51.3 Å². The van der Waals surface area contributed by atoms with E-state index in [-0.39, 0.29) is 35.3 Å². The van der Waals surface area contributed by atoms with Crippen LogP contribution in [0.3, 0.4) is 0 Å². The number of nitrogens with zero attached hydrogens (tertiary/aromatic N) is 2. The fourth-order valence-electron chi connectivity index (χ4n) is 4.55. The molecule has 0 saturated heterocycles. The van der Waals surface area contributed by atoms with Gasteiger partial charge < -0.3 is 10.4 Å². The summed E-state index contributed by atoms with van der Waals surface area (Å²) in [5.41, 5.74) is 2.45. The molecular formula is C30H31N3O4. The lowest BCUT2D eigenvalue weighted by atomic mass is 9.95. The summed E-state index contributed by atoms with van der Waals surface area (Å²) in [4.78, 5) is 43.6. The van der Waals surface area contributed by atoms with Crippen LogP contribution in [0.5, 0.6) is 5.75 Å². The molecule has 4 rings (SSSR count). The van der Waals surface area contributed by atoms with E-state index in [9.17, 15) is 19.5 Å². The van der Waals surface area contributed by atoms with Crippen molar-refractivity contribution in [3.63, 3.8) is 0 Å². The Bertz CT molecular complexity index is 1490. The Morgan fingerprint density at radius 3 is 2.46 bits per heavy atom. The van der Waals surface area contributed by atoms with Crippen molar-refractivity contribution in [1.82, 2.24) is 14.9 Å². The van der Waals surface area contributed by atoms with Crippen LogP contribution in [-0.4, -0.2) is 26.3 Å². The van der Waals surface area contributed by atoms with E-state index >= 15 is 0 Å². The molecule has 1 heterocycles. The first-order valence-electron chi connectivity index (χ1n) is 12.4. The molecule has 7 nitrogen and oxygen atoms in total. The van der Waals surface area contributed by atoms with E-state index in [4.69, 9.17) is 0 Å². The number of hydrogen-bond acceptors (Lipinski definition) is 5. The molecule has 4 aromatic rings. The SMILES string of the molecule is CC(=O)C[C@H](NC(=O)[C@H](CC(C)C)n1cnc2ccccc2c1=O)c1cccc(-c2ccccc2O)c1. The number of benzene rings is 3. The summed E-state index contributed by atoms with van der Waals surface area (Å²) in [5.74, 6) is -0.160. The van der Waals surface area contributed by atoms with Crippen LogP contribution >= 0.6 is 0 Å². The number of aromatic nitrogens is 2. The molecular weight excluding hydrogens is 466 g/mol. The van der Waals surface area contributed by atoms with Crippen molar-refractivity contribution in [2.75, 3.05) is 0 Å². The Morgan fingerprint density at radius 2 is 1.73 bits per heavy atom. The van der Waals surface area contributed by atoms with Gasteiger partial charge in [-0.15, -0.1) is 0 Å². The van der Waals surface area contributed by atoms with Crippen molar-refractivity contribution in [1.29, 1.82) is 0 Å². The van der Waals surface area contributed by atoms with Crippen molar-refractivity contribution >= 4 is 22.6 Å². The van der Waals surface area contributed by atoms with Crippen molar-refractivity contribution < 1.29 is 14.7 Å². The van der Waals surface area contributed by atoms with Gasteiger partial charge in [0.25, 0.3) is 5.56 Å². The van der Waals surface area contributed by atoms with Crippen LogP contribution in [0.25, 0.3) is 22.0 Å². The zero-order valence-corrected chi connectivity index (χ0v) is 21.2. The van der Waals surface area contributed by atoms with Gasteiger partial charge in [-0.3, -0.25) is 19.0 Å². The van der Waals surface area contributed by atoms with Crippen LogP contribution in [0, 0.1) is 5.92 Å². The molecule has 0 saturated carbocycles. The third kappa shape index (κ3) is 5.94. The maximum Gasteiger partial charge on any atom is 0.261 e. The summed E-state index contributed by atoms with van der Waals surface area (Å²) in [5, 5.41) is 13.8. The number of ketones is 1. The number of nitrogens with one attached hydrogen (secondary N) is 1. The third-order valence-corrected chi connectivity index (χ3v) is 6.34. The summed E-state index contributed by atoms with van der Waals surface area (Å²) in [6, 6.07) is 20.1. The van der Waals surface area contributed by atoms with E-state index in [0.717, 1.165) is 11.1 Å². The second-order valence-corrected chi connectivity index (χ2v) is 9.73. The highest BCUT2D eigenvalue weighted by Gasteiger charge is 2.27. The first-order chi connectivity index (χ1) is 17.7. The van der Waals surface area contributed by atoms with Gasteiger partial charge in [0.15, 0.2) is 0 Å². The maximum absolute atomic E-state index is 13.7. The Balaban J connectivity index is 1.70. The number of Topliss-reactive ketones (excluding diaryl/α,β-unsaturated/α-hetero) is 1. The standard InChI is InChI=1S/C30H31N3O4/c1-19(2)15-27(33-18-31-25-13-6-4-12-24(25)30(33)37)29(36)32-26(16-20(3)34)22-10-8-9-21(17-22)23-11-5-7-14-28(23)35/h4-14,17-19,26-27,35H,15-16H2,1-3H3,(H,32,36)/t26-,27-/m0/s1. The molecule has 0 aliphatic carbocycles. The molecule has 0 unspecified atom stereocenters. The Morgan fingerprint density at radius 1 is 1.00 bits per heavy atom. The zero-order chi connectivity index (χ0) is 26.5. The Kier molecular flexibility index (Phi) is 7.82. The summed E-state index contributed by atoms with van der Waals surface area (Å²) in [6.07, 6.45) is 1.95. The predicted octanol–water partition coefficient (Wildman–Crippen LogP) is 5.19. The second kappa shape index (κ2) is 11.2. The minimum atomic E-state index is -0.791. The molecule has 2 N–H and O–H groups in total. The zero-order valence-electron chi connectivity index (χ0n) is 21.2. The normalized spacial score (nSPS) is 12.9. The monoisotopic (exact) mass is 497 g/mol. The van der Waals surface area contributed by atoms with Gasteiger partial charge in [0.05, 0.1) is 23.3 Å². The molecule has 0 spiro atoms. The number of aromatic hydroxyl groups is 1. The highest BCUT2D eigenvalue weighted by Crippen LogP contribution is 2.31. The van der Waals surface area contributed by atoms with Crippen molar-refractivity contribution in [3.8, 4) is 16.9 Å². The molecule has 0 bridgehead atoms. The first kappa shape index (κ1) is 25.8. The molecule has 0 radical (unpaired) electrons. The minimum absolute atomic E-state index is 0.0804. The van der Waals surface area contributed by atoms with E-state index in [2.05, 4.69) is 10.3 Å². The fourth-order valence-corrected chi connectivity index (χ4v) is 4.55. The van der Waals surface area contributed by atoms with Gasteiger partial charge in [0.1, 0.15) is 17.6 Å². The van der Waals surface area contributed by atoms with Gasteiger partial charge in [0, 0.05) is 12.0 Å². The van der Waals surface area contributed by atoms with Crippen molar-refractivity contribution in [2.24, 2.45) is 5.92 Å². The van der Waals surface area contributed by atoms with Crippen molar-refractivity contribution in [2.45, 2.75) is 45.7 Å². The lowest BCUT2D eigenvalue weighted by Gasteiger charge is -2.25. The maximum atomic E-state index is 13.7. The largest absolute Gasteiger partial charge is 0.507 e. The predicted molar refractivity (Wildman–Crippen MR) is 144 cm³/mol. The highest BCUT2D eigenvalue weighted by molar-refractivity contribution is 5.84. The third-order valence-electron chi connectivity index (χ3n) is 6.34. The van der Waals surface area contributed by atoms with Gasteiger partial charge in [-0.05, 0) is 54.7 Å². The second-order valence-electron chi connectivity index (χ2n) is 9.73. The van der Waals surface area contributed by atoms with Crippen molar-refractivity contribution in [3.05, 3.63) is 95.0 Å². The van der Waals surface area contributed by atoms with Crippen LogP contribution < -0.4 is 10.9 Å². The summed E-state index contributed by atoms with van der Waals surface area (Å²) >= 11 is 0. The number of para-hydroxylation sites is 2. The molecule has 1 aromatic heterocycles. The highest BCUT2D eigenvalue weighted by atomic mass is 16.3. The first-order valence-corrected chi connectivity index (χ1v) is 12.4. The lowest BCUT2D eigenvalue weighted by Crippen LogP contribution is -2.40. The molecule has 37 heavy (non-hydrogen) atoms. The number of fused-ring (bicyclic) bond motifs is 1. The van der Waals surface area contributed by atoms with Gasteiger partial charge >= 0.3 is 0 Å². The van der Waals surface area contributed by atoms with Crippen LogP contribution in [-0.2, 0) is 9.59 Å². The fraction of sp³-hybridized carbons (Fsp3) is 0.267. The van der Waals surface area contributed by atoms with Crippen LogP contribution in [0.2, 0.25) is 0 Å². The summed E-state index contributed by atoms with van der Waals surface area (Å²) in [6.45, 7) is 5.46. The van der Waals surface area contributed by atoms with E-state index in [1.807, 2.05) is 56.3 Å². The molecule has 0 aliphatic rings. The molecule has 1 amide bonds. The number of phenols is 1. The van der Waals surface area contributed by atoms with Gasteiger partial charge in [-0.25, -0.2) is 4.98 Å². The number of amides is 1. The number of rotatable bonds is 9. The smallest absolute Gasteiger partial charge is 0.261 e. The van der Waals surface area contributed by atoms with E-state index in [1.165, 1.54) is 17.8 Å². The van der Waals surface area contributed by atoms with Gasteiger partial charge in [-0.1, -0.05) is 62.4 Å². The average molecular weight is 498 g/mol. The molecule has 7 heteroatoms. The lowest BCUT2D eigenvalue weighted by molar-refractivity contribution is -0.126. The molecule has 3 aromatic carbocycles. The topological polar surface area (TPSA) is 101 Å². The number of carbonyl (C=O) groups excluding carboxylic acids is 2. The average Bonchev–Trinajstić information content (AvgIpc) is 2.87. The molecule has 190 valence electrons. The number of phenolic OH excluding ortho intramolecular Hbond substituents is 1. The van der Waals surface area contributed by atoms with E-state index in [1.54, 1.807) is 30.3 Å². The molecule has 0 fully saturated rings. The van der Waals surface area contributed by atoms with E-state index < -0.39 is 12.1 Å². The van der Waals surface area contributed by atoms with Gasteiger partial charge in [0.2, 0.25) is 5.91 Å². The molecule has 0 aliphatic heterocycles. The Labute approximate surface area is 215 Å². The summed E-state index contributed by atoms with van der Waals surface area (Å²) < 4.78 is 1.39. The number of hydrogen-bond donors (Lipinski definition) is 2. The minimum Gasteiger partial charge on any atom is -0.507 e. The van der Waals surface area contributed by atoms with Gasteiger partial charge in [-0.2, -0.15) is 0 Å². The summed E-state index contributed by atoms with van der Waals surface area (Å²) in [7, 11) is 0. The molecule has 2 atom stereocenters. The quantitative estimate of drug-likeness (QED) is 0.331. The van der Waals surface area contributed by atoms with E-state index in [0.29, 0.717) is 22.9 Å². The van der Waals surface area contributed by atoms with Crippen LogP contribution in [0.4, 0.5) is 0 Å².